The number of ether oxygens (including phenoxy) is 1. The van der Waals surface area contributed by atoms with E-state index in [9.17, 15) is 9.59 Å². The molecule has 0 spiro atoms. The average molecular weight is 213 g/mol. The normalized spacial score (nSPS) is 12.3. The summed E-state index contributed by atoms with van der Waals surface area (Å²) >= 11 is 0. The quantitative estimate of drug-likeness (QED) is 0.307. The Morgan fingerprint density at radius 1 is 1.20 bits per heavy atom. The van der Waals surface area contributed by atoms with Crippen LogP contribution in [0.25, 0.3) is 0 Å². The predicted molar refractivity (Wildman–Crippen MR) is 58.3 cm³/mol. The molecule has 0 aliphatic carbocycles. The van der Waals surface area contributed by atoms with Crippen LogP contribution in [-0.4, -0.2) is 36.3 Å². The first-order valence-corrected chi connectivity index (χ1v) is 4.76. The Kier molecular flexibility index (Phi) is 4.52. The zero-order valence-corrected chi connectivity index (χ0v) is 10.2. The summed E-state index contributed by atoms with van der Waals surface area (Å²) in [5.41, 5.74) is -0.521. The van der Waals surface area contributed by atoms with Crippen LogP contribution in [0.4, 0.5) is 0 Å². The summed E-state index contributed by atoms with van der Waals surface area (Å²) in [6.45, 7) is 6.63. The molecule has 0 heterocycles. The van der Waals surface area contributed by atoms with Crippen molar-refractivity contribution in [3.8, 4) is 0 Å². The first kappa shape index (κ1) is 13.7. The van der Waals surface area contributed by atoms with Crippen molar-refractivity contribution in [2.24, 2.45) is 0 Å². The highest BCUT2D eigenvalue weighted by molar-refractivity contribution is 6.16. The van der Waals surface area contributed by atoms with E-state index in [4.69, 9.17) is 4.74 Å². The zero-order valence-electron chi connectivity index (χ0n) is 10.2. The molecule has 4 heteroatoms. The maximum Gasteiger partial charge on any atom is 0.343 e. The number of Topliss-reactive ketones (excluding diaryl/α,β-unsaturated/α-hetero) is 1. The largest absolute Gasteiger partial charge is 0.456 e. The van der Waals surface area contributed by atoms with Gasteiger partial charge in [0.15, 0.2) is 5.78 Å². The summed E-state index contributed by atoms with van der Waals surface area (Å²) in [5, 5.41) is 0. The number of esters is 1. The van der Waals surface area contributed by atoms with E-state index in [1.165, 1.54) is 13.1 Å². The monoisotopic (exact) mass is 213 g/mol. The summed E-state index contributed by atoms with van der Waals surface area (Å²) in [6, 6.07) is 0. The number of ketones is 1. The predicted octanol–water partition coefficient (Wildman–Crippen LogP) is 1.36. The molecular weight excluding hydrogens is 194 g/mol. The van der Waals surface area contributed by atoms with E-state index in [1.807, 2.05) is 0 Å². The van der Waals surface area contributed by atoms with Crippen molar-refractivity contribution in [1.82, 2.24) is 4.90 Å². The second kappa shape index (κ2) is 4.96. The van der Waals surface area contributed by atoms with Crippen molar-refractivity contribution in [2.75, 3.05) is 14.1 Å². The highest BCUT2D eigenvalue weighted by Crippen LogP contribution is 2.11. The first-order chi connectivity index (χ1) is 6.63. The summed E-state index contributed by atoms with van der Waals surface area (Å²) in [4.78, 5) is 24.4. The molecule has 86 valence electrons. The van der Waals surface area contributed by atoms with Crippen LogP contribution in [-0.2, 0) is 14.3 Å². The molecule has 0 saturated heterocycles. The van der Waals surface area contributed by atoms with E-state index in [-0.39, 0.29) is 11.4 Å². The van der Waals surface area contributed by atoms with E-state index in [0.717, 1.165) is 0 Å². The van der Waals surface area contributed by atoms with Crippen molar-refractivity contribution in [1.29, 1.82) is 0 Å². The van der Waals surface area contributed by atoms with Crippen LogP contribution in [0.2, 0.25) is 0 Å². The maximum absolute atomic E-state index is 11.6. The summed E-state index contributed by atoms with van der Waals surface area (Å²) in [5.74, 6) is -0.873. The van der Waals surface area contributed by atoms with Gasteiger partial charge in [-0.15, -0.1) is 0 Å². The molecule has 0 aliphatic rings. The second-order valence-electron chi connectivity index (χ2n) is 4.56. The number of hydrogen-bond donors (Lipinski definition) is 0. The first-order valence-electron chi connectivity index (χ1n) is 4.76. The standard InChI is InChI=1S/C11H19NO3/c1-8(13)9(7-12(5)6)10(14)15-11(2,3)4/h7H,1-6H3/b9-7+. The van der Waals surface area contributed by atoms with Gasteiger partial charge in [0.1, 0.15) is 11.2 Å². The molecule has 0 atom stereocenters. The Labute approximate surface area is 90.9 Å². The molecular formula is C11H19NO3. The Morgan fingerprint density at radius 2 is 1.67 bits per heavy atom. The highest BCUT2D eigenvalue weighted by Gasteiger charge is 2.22. The summed E-state index contributed by atoms with van der Waals surface area (Å²) < 4.78 is 5.11. The summed E-state index contributed by atoms with van der Waals surface area (Å²) in [6.07, 6.45) is 1.47. The number of carbonyl (C=O) groups excluding carboxylic acids is 2. The van der Waals surface area contributed by atoms with Gasteiger partial charge in [-0.1, -0.05) is 0 Å². The Balaban J connectivity index is 4.82. The molecule has 0 N–H and O–H groups in total. The van der Waals surface area contributed by atoms with Crippen LogP contribution in [0.3, 0.4) is 0 Å². The average Bonchev–Trinajstić information content (AvgIpc) is 1.95. The number of nitrogens with zero attached hydrogens (tertiary/aromatic N) is 1. The second-order valence-corrected chi connectivity index (χ2v) is 4.56. The van der Waals surface area contributed by atoms with Crippen LogP contribution < -0.4 is 0 Å². The molecule has 0 aromatic rings. The molecule has 0 radical (unpaired) electrons. The van der Waals surface area contributed by atoms with Gasteiger partial charge in [0.05, 0.1) is 0 Å². The topological polar surface area (TPSA) is 46.6 Å². The zero-order chi connectivity index (χ0) is 12.2. The van der Waals surface area contributed by atoms with Gasteiger partial charge in [-0.3, -0.25) is 4.79 Å². The fourth-order valence-corrected chi connectivity index (χ4v) is 0.879. The minimum atomic E-state index is -0.585. The fraction of sp³-hybridized carbons (Fsp3) is 0.636. The van der Waals surface area contributed by atoms with Crippen LogP contribution in [0.15, 0.2) is 11.8 Å². The van der Waals surface area contributed by atoms with Crippen molar-refractivity contribution in [3.63, 3.8) is 0 Å². The number of carbonyl (C=O) groups is 2. The van der Waals surface area contributed by atoms with Crippen molar-refractivity contribution < 1.29 is 14.3 Å². The SMILES string of the molecule is CC(=O)/C(=C\N(C)C)C(=O)OC(C)(C)C. The molecule has 0 fully saturated rings. The van der Waals surface area contributed by atoms with Crippen LogP contribution in [0.5, 0.6) is 0 Å². The van der Waals surface area contributed by atoms with Crippen LogP contribution in [0, 0.1) is 0 Å². The third-order valence-electron chi connectivity index (χ3n) is 1.39. The lowest BCUT2D eigenvalue weighted by atomic mass is 10.1. The Bertz CT molecular complexity index is 285. The van der Waals surface area contributed by atoms with Gasteiger partial charge in [-0.2, -0.15) is 0 Å². The molecule has 4 nitrogen and oxygen atoms in total. The summed E-state index contributed by atoms with van der Waals surface area (Å²) in [7, 11) is 3.49. The fourth-order valence-electron chi connectivity index (χ4n) is 0.879. The van der Waals surface area contributed by atoms with Gasteiger partial charge in [-0.05, 0) is 27.7 Å². The molecule has 0 saturated carbocycles. The lowest BCUT2D eigenvalue weighted by Gasteiger charge is -2.20. The molecule has 0 amide bonds. The van der Waals surface area contributed by atoms with Gasteiger partial charge in [0, 0.05) is 20.3 Å². The van der Waals surface area contributed by atoms with Crippen molar-refractivity contribution in [2.45, 2.75) is 33.3 Å². The van der Waals surface area contributed by atoms with Crippen molar-refractivity contribution in [3.05, 3.63) is 11.8 Å². The number of hydrogen-bond acceptors (Lipinski definition) is 4. The third-order valence-corrected chi connectivity index (χ3v) is 1.39. The van der Waals surface area contributed by atoms with E-state index in [1.54, 1.807) is 39.8 Å². The lowest BCUT2D eigenvalue weighted by molar-refractivity contribution is -0.150. The molecule has 0 unspecified atom stereocenters. The molecule has 0 aliphatic heterocycles. The van der Waals surface area contributed by atoms with Gasteiger partial charge < -0.3 is 9.64 Å². The van der Waals surface area contributed by atoms with E-state index in [2.05, 4.69) is 0 Å². The molecule has 0 bridgehead atoms. The molecule has 0 aromatic carbocycles. The van der Waals surface area contributed by atoms with Gasteiger partial charge in [0.2, 0.25) is 0 Å². The van der Waals surface area contributed by atoms with Gasteiger partial charge >= 0.3 is 5.97 Å². The molecule has 0 rings (SSSR count). The van der Waals surface area contributed by atoms with E-state index in [0.29, 0.717) is 0 Å². The molecule has 15 heavy (non-hydrogen) atoms. The molecule has 0 aromatic heterocycles. The van der Waals surface area contributed by atoms with E-state index >= 15 is 0 Å². The lowest BCUT2D eigenvalue weighted by Crippen LogP contribution is -2.27. The minimum Gasteiger partial charge on any atom is -0.456 e. The Hall–Kier alpha value is -1.32. The van der Waals surface area contributed by atoms with Gasteiger partial charge in [-0.25, -0.2) is 4.79 Å². The minimum absolute atomic E-state index is 0.0647. The van der Waals surface area contributed by atoms with Crippen LogP contribution in [0.1, 0.15) is 27.7 Å². The van der Waals surface area contributed by atoms with Gasteiger partial charge in [0.25, 0.3) is 0 Å². The third kappa shape index (κ3) is 5.88. The maximum atomic E-state index is 11.6. The highest BCUT2D eigenvalue weighted by atomic mass is 16.6. The number of rotatable bonds is 3. The van der Waals surface area contributed by atoms with Crippen LogP contribution >= 0.6 is 0 Å². The van der Waals surface area contributed by atoms with E-state index < -0.39 is 11.6 Å². The smallest absolute Gasteiger partial charge is 0.343 e. The Morgan fingerprint density at radius 3 is 1.93 bits per heavy atom. The van der Waals surface area contributed by atoms with Crippen molar-refractivity contribution >= 4 is 11.8 Å².